The number of para-hydroxylation sites is 1. The number of carbonyl (C=O) groups is 1. The Morgan fingerprint density at radius 2 is 1.78 bits per heavy atom. The minimum absolute atomic E-state index is 0.222. The molecule has 0 heterocycles. The molecule has 0 radical (unpaired) electrons. The van der Waals surface area contributed by atoms with E-state index in [2.05, 4.69) is 0 Å². The van der Waals surface area contributed by atoms with Gasteiger partial charge in [-0.05, 0) is 36.8 Å². The van der Waals surface area contributed by atoms with Gasteiger partial charge in [-0.3, -0.25) is 4.79 Å². The molecule has 0 spiro atoms. The molecule has 23 heavy (non-hydrogen) atoms. The van der Waals surface area contributed by atoms with Crippen LogP contribution in [0.4, 0.5) is 0 Å². The van der Waals surface area contributed by atoms with Crippen LogP contribution in [0.5, 0.6) is 11.5 Å². The molecule has 0 saturated heterocycles. The fourth-order valence-corrected chi connectivity index (χ4v) is 1.96. The monoisotopic (exact) mass is 316 g/mol. The average Bonchev–Trinajstić information content (AvgIpc) is 2.59. The maximum Gasteiger partial charge on any atom is 0.313 e. The average molecular weight is 316 g/mol. The zero-order chi connectivity index (χ0) is 16.7. The Hall–Kier alpha value is -2.37. The van der Waals surface area contributed by atoms with E-state index in [0.29, 0.717) is 11.5 Å². The lowest BCUT2D eigenvalue weighted by Crippen LogP contribution is -2.24. The lowest BCUT2D eigenvalue weighted by molar-refractivity contribution is -0.148. The number of ether oxygens (including phenoxy) is 2. The first-order valence-corrected chi connectivity index (χ1v) is 7.38. The topological polar surface area (TPSA) is 76.0 Å². The summed E-state index contributed by atoms with van der Waals surface area (Å²) in [7, 11) is 0. The molecule has 5 heteroatoms. The van der Waals surface area contributed by atoms with E-state index in [9.17, 15) is 9.90 Å². The molecule has 2 rings (SSSR count). The predicted octanol–water partition coefficient (Wildman–Crippen LogP) is 2.48. The van der Waals surface area contributed by atoms with E-state index in [1.54, 1.807) is 19.1 Å². The van der Waals surface area contributed by atoms with Crippen LogP contribution in [-0.2, 0) is 9.53 Å². The molecule has 5 nitrogen and oxygen atoms in total. The van der Waals surface area contributed by atoms with E-state index in [-0.39, 0.29) is 6.61 Å². The smallest absolute Gasteiger partial charge is 0.313 e. The Bertz CT molecular complexity index is 626. The van der Waals surface area contributed by atoms with Crippen molar-refractivity contribution < 1.29 is 24.5 Å². The molecular weight excluding hydrogens is 296 g/mol. The van der Waals surface area contributed by atoms with E-state index in [0.717, 1.165) is 5.56 Å². The number of hydrogen-bond acceptors (Lipinski definition) is 5. The van der Waals surface area contributed by atoms with Crippen LogP contribution in [0.3, 0.4) is 0 Å². The number of carbonyl (C=O) groups excluding carboxylic acids is 1. The van der Waals surface area contributed by atoms with Crippen molar-refractivity contribution in [2.24, 2.45) is 0 Å². The Morgan fingerprint density at radius 1 is 1.09 bits per heavy atom. The summed E-state index contributed by atoms with van der Waals surface area (Å²) < 4.78 is 10.7. The molecule has 0 bridgehead atoms. The van der Waals surface area contributed by atoms with E-state index in [1.807, 2.05) is 42.5 Å². The van der Waals surface area contributed by atoms with E-state index in [4.69, 9.17) is 14.6 Å². The predicted molar refractivity (Wildman–Crippen MR) is 85.4 cm³/mol. The molecule has 2 atom stereocenters. The largest absolute Gasteiger partial charge is 0.462 e. The zero-order valence-corrected chi connectivity index (χ0v) is 12.9. The standard InChI is InChI=1S/C18H20O5/c1-13(18(21)22-12-15(20)11-19)14-6-5-9-17(10-14)23-16-7-3-2-4-8-16/h2-10,13,15,19-20H,11-12H2,1H3. The molecule has 0 saturated carbocycles. The first-order valence-electron chi connectivity index (χ1n) is 7.38. The normalized spacial score (nSPS) is 13.2. The highest BCUT2D eigenvalue weighted by Crippen LogP contribution is 2.25. The molecule has 0 aromatic heterocycles. The molecule has 0 aliphatic rings. The van der Waals surface area contributed by atoms with Gasteiger partial charge in [-0.25, -0.2) is 0 Å². The van der Waals surface area contributed by atoms with Crippen LogP contribution >= 0.6 is 0 Å². The fourth-order valence-electron chi connectivity index (χ4n) is 1.96. The second-order valence-electron chi connectivity index (χ2n) is 5.18. The van der Waals surface area contributed by atoms with Crippen LogP contribution in [0.25, 0.3) is 0 Å². The Balaban J connectivity index is 2.02. The molecule has 2 aromatic rings. The lowest BCUT2D eigenvalue weighted by atomic mass is 10.0. The van der Waals surface area contributed by atoms with Gasteiger partial charge in [0.15, 0.2) is 0 Å². The van der Waals surface area contributed by atoms with Crippen LogP contribution in [0.15, 0.2) is 54.6 Å². The number of rotatable bonds is 7. The fraction of sp³-hybridized carbons (Fsp3) is 0.278. The third-order valence-electron chi connectivity index (χ3n) is 3.32. The second-order valence-corrected chi connectivity index (χ2v) is 5.18. The van der Waals surface area contributed by atoms with Gasteiger partial charge >= 0.3 is 5.97 Å². The number of esters is 1. The number of aliphatic hydroxyl groups is 2. The Labute approximate surface area is 135 Å². The van der Waals surface area contributed by atoms with Gasteiger partial charge in [-0.2, -0.15) is 0 Å². The van der Waals surface area contributed by atoms with Crippen LogP contribution in [0.1, 0.15) is 18.4 Å². The SMILES string of the molecule is CC(C(=O)OCC(O)CO)c1cccc(Oc2ccccc2)c1. The number of aliphatic hydroxyl groups excluding tert-OH is 2. The van der Waals surface area contributed by atoms with Gasteiger partial charge in [-0.15, -0.1) is 0 Å². The summed E-state index contributed by atoms with van der Waals surface area (Å²) in [5, 5.41) is 17.9. The Morgan fingerprint density at radius 3 is 2.48 bits per heavy atom. The van der Waals surface area contributed by atoms with Gasteiger partial charge in [0.05, 0.1) is 12.5 Å². The van der Waals surface area contributed by atoms with Gasteiger partial charge in [0.2, 0.25) is 0 Å². The highest BCUT2D eigenvalue weighted by molar-refractivity contribution is 5.77. The third-order valence-corrected chi connectivity index (χ3v) is 3.32. The van der Waals surface area contributed by atoms with Crippen molar-refractivity contribution in [1.29, 1.82) is 0 Å². The minimum Gasteiger partial charge on any atom is -0.462 e. The van der Waals surface area contributed by atoms with Gasteiger partial charge in [0.25, 0.3) is 0 Å². The van der Waals surface area contributed by atoms with Crippen molar-refractivity contribution in [3.63, 3.8) is 0 Å². The Kier molecular flexibility index (Phi) is 6.14. The van der Waals surface area contributed by atoms with E-state index >= 15 is 0 Å². The maximum absolute atomic E-state index is 12.0. The van der Waals surface area contributed by atoms with Gasteiger partial charge < -0.3 is 19.7 Å². The first-order chi connectivity index (χ1) is 11.1. The van der Waals surface area contributed by atoms with Crippen LogP contribution in [0, 0.1) is 0 Å². The molecule has 2 aromatic carbocycles. The lowest BCUT2D eigenvalue weighted by Gasteiger charge is -2.14. The van der Waals surface area contributed by atoms with Gasteiger partial charge in [0, 0.05) is 0 Å². The first kappa shape index (κ1) is 17.0. The highest BCUT2D eigenvalue weighted by Gasteiger charge is 2.18. The van der Waals surface area contributed by atoms with Crippen molar-refractivity contribution in [2.45, 2.75) is 18.9 Å². The third kappa shape index (κ3) is 5.09. The van der Waals surface area contributed by atoms with Crippen molar-refractivity contribution in [2.75, 3.05) is 13.2 Å². The van der Waals surface area contributed by atoms with Crippen molar-refractivity contribution in [3.8, 4) is 11.5 Å². The summed E-state index contributed by atoms with van der Waals surface area (Å²) in [5.41, 5.74) is 0.752. The van der Waals surface area contributed by atoms with Gasteiger partial charge in [-0.1, -0.05) is 30.3 Å². The minimum atomic E-state index is -1.06. The summed E-state index contributed by atoms with van der Waals surface area (Å²) in [4.78, 5) is 12.0. The van der Waals surface area contributed by atoms with Crippen molar-refractivity contribution in [1.82, 2.24) is 0 Å². The molecule has 0 aliphatic heterocycles. The molecule has 0 amide bonds. The van der Waals surface area contributed by atoms with E-state index in [1.165, 1.54) is 0 Å². The van der Waals surface area contributed by atoms with Crippen molar-refractivity contribution in [3.05, 3.63) is 60.2 Å². The summed E-state index contributed by atoms with van der Waals surface area (Å²) in [6.07, 6.45) is -1.06. The summed E-state index contributed by atoms with van der Waals surface area (Å²) in [6.45, 7) is 1.05. The molecule has 122 valence electrons. The van der Waals surface area contributed by atoms with E-state index < -0.39 is 24.6 Å². The van der Waals surface area contributed by atoms with Crippen LogP contribution in [-0.4, -0.2) is 35.5 Å². The summed E-state index contributed by atoms with van der Waals surface area (Å²) >= 11 is 0. The van der Waals surface area contributed by atoms with Crippen LogP contribution in [0.2, 0.25) is 0 Å². The zero-order valence-electron chi connectivity index (χ0n) is 12.9. The number of benzene rings is 2. The highest BCUT2D eigenvalue weighted by atomic mass is 16.5. The van der Waals surface area contributed by atoms with Crippen LogP contribution < -0.4 is 4.74 Å². The summed E-state index contributed by atoms with van der Waals surface area (Å²) in [5.74, 6) is 0.379. The molecule has 2 N–H and O–H groups in total. The quantitative estimate of drug-likeness (QED) is 0.768. The van der Waals surface area contributed by atoms with Gasteiger partial charge in [0.1, 0.15) is 24.2 Å². The molecular formula is C18H20O5. The second kappa shape index (κ2) is 8.31. The molecule has 2 unspecified atom stereocenters. The van der Waals surface area contributed by atoms with Crippen molar-refractivity contribution >= 4 is 5.97 Å². The molecule has 0 aliphatic carbocycles. The maximum atomic E-state index is 12.0. The molecule has 0 fully saturated rings. The number of hydrogen-bond donors (Lipinski definition) is 2. The summed E-state index contributed by atoms with van der Waals surface area (Å²) in [6, 6.07) is 16.6.